The van der Waals surface area contributed by atoms with Crippen LogP contribution in [0.3, 0.4) is 0 Å². The maximum Gasteiger partial charge on any atom is 0.234 e. The molecule has 0 aliphatic rings. The summed E-state index contributed by atoms with van der Waals surface area (Å²) in [6.45, 7) is 1.88. The molecule has 4 rings (SSSR count). The van der Waals surface area contributed by atoms with Crippen molar-refractivity contribution in [2.75, 3.05) is 0 Å². The summed E-state index contributed by atoms with van der Waals surface area (Å²) in [5.74, 6) is -0.327. The highest BCUT2D eigenvalue weighted by Crippen LogP contribution is 2.31. The van der Waals surface area contributed by atoms with E-state index >= 15 is 0 Å². The minimum absolute atomic E-state index is 0.0544. The molecule has 0 aliphatic carbocycles. The van der Waals surface area contributed by atoms with Crippen molar-refractivity contribution in [2.45, 2.75) is 22.6 Å². The number of amides is 1. The summed E-state index contributed by atoms with van der Waals surface area (Å²) in [7, 11) is 0. The molecule has 6 heteroatoms. The number of nitrogens with one attached hydrogen (secondary N) is 1. The van der Waals surface area contributed by atoms with Crippen LogP contribution in [0.1, 0.15) is 24.1 Å². The van der Waals surface area contributed by atoms with Gasteiger partial charge in [-0.05, 0) is 42.3 Å². The predicted molar refractivity (Wildman–Crippen MR) is 126 cm³/mol. The van der Waals surface area contributed by atoms with E-state index in [1.165, 1.54) is 35.2 Å². The maximum absolute atomic E-state index is 13.2. The summed E-state index contributed by atoms with van der Waals surface area (Å²) in [6.07, 6.45) is 0. The second kappa shape index (κ2) is 9.90. The topological polar surface area (TPSA) is 42.0 Å². The van der Waals surface area contributed by atoms with Crippen molar-refractivity contribution in [3.63, 3.8) is 0 Å². The first-order valence-corrected chi connectivity index (χ1v) is 11.6. The van der Waals surface area contributed by atoms with E-state index < -0.39 is 0 Å². The van der Waals surface area contributed by atoms with Gasteiger partial charge in [-0.1, -0.05) is 72.4 Å². The molecule has 0 bridgehead atoms. The van der Waals surface area contributed by atoms with Crippen LogP contribution in [-0.2, 0) is 4.79 Å². The van der Waals surface area contributed by atoms with Gasteiger partial charge in [0.2, 0.25) is 5.91 Å². The zero-order chi connectivity index (χ0) is 21.6. The molecule has 1 atom stereocenters. The number of carbonyl (C=O) groups excluding carboxylic acids is 1. The number of aromatic nitrogens is 1. The number of hydrogen-bond donors (Lipinski definition) is 1. The average molecular weight is 449 g/mol. The first-order valence-electron chi connectivity index (χ1n) is 9.88. The SMILES string of the molecule is C[C@H](Sc1nc(-c2ccc(F)cc2)cs1)C(=O)NC(c1ccccc1)c1ccccc1. The number of hydrogen-bond acceptors (Lipinski definition) is 4. The number of thiazole rings is 1. The maximum atomic E-state index is 13.2. The Bertz CT molecular complexity index is 1090. The summed E-state index contributed by atoms with van der Waals surface area (Å²) in [5, 5.41) is 4.80. The highest BCUT2D eigenvalue weighted by molar-refractivity contribution is 8.02. The van der Waals surface area contributed by atoms with Gasteiger partial charge in [-0.3, -0.25) is 4.79 Å². The average Bonchev–Trinajstić information content (AvgIpc) is 3.27. The molecule has 31 heavy (non-hydrogen) atoms. The second-order valence-corrected chi connectivity index (χ2v) is 9.47. The molecule has 1 N–H and O–H groups in total. The Morgan fingerprint density at radius 2 is 1.52 bits per heavy atom. The van der Waals surface area contributed by atoms with E-state index in [4.69, 9.17) is 0 Å². The van der Waals surface area contributed by atoms with Gasteiger partial charge < -0.3 is 5.32 Å². The molecule has 3 nitrogen and oxygen atoms in total. The summed E-state index contributed by atoms with van der Waals surface area (Å²) >= 11 is 2.91. The quantitative estimate of drug-likeness (QED) is 0.336. The first-order chi connectivity index (χ1) is 15.1. The van der Waals surface area contributed by atoms with Crippen LogP contribution >= 0.6 is 23.1 Å². The summed E-state index contributed by atoms with van der Waals surface area (Å²) in [6, 6.07) is 25.9. The van der Waals surface area contributed by atoms with Gasteiger partial charge in [0.05, 0.1) is 17.0 Å². The minimum Gasteiger partial charge on any atom is -0.344 e. The minimum atomic E-state index is -0.317. The van der Waals surface area contributed by atoms with Crippen LogP contribution in [0, 0.1) is 5.82 Å². The molecule has 0 unspecified atom stereocenters. The van der Waals surface area contributed by atoms with Crippen molar-refractivity contribution in [3.8, 4) is 11.3 Å². The van der Waals surface area contributed by atoms with Crippen molar-refractivity contribution in [2.24, 2.45) is 0 Å². The highest BCUT2D eigenvalue weighted by Gasteiger charge is 2.22. The van der Waals surface area contributed by atoms with Gasteiger partial charge in [0.1, 0.15) is 5.82 Å². The monoisotopic (exact) mass is 448 g/mol. The van der Waals surface area contributed by atoms with Gasteiger partial charge in [0.25, 0.3) is 0 Å². The fourth-order valence-corrected chi connectivity index (χ4v) is 5.16. The third-order valence-electron chi connectivity index (χ3n) is 4.82. The van der Waals surface area contributed by atoms with Crippen molar-refractivity contribution in [1.82, 2.24) is 10.3 Å². The number of thioether (sulfide) groups is 1. The molecule has 0 spiro atoms. The predicted octanol–water partition coefficient (Wildman–Crippen LogP) is 6.34. The van der Waals surface area contributed by atoms with E-state index in [-0.39, 0.29) is 23.0 Å². The highest BCUT2D eigenvalue weighted by atomic mass is 32.2. The Morgan fingerprint density at radius 3 is 2.10 bits per heavy atom. The molecule has 156 valence electrons. The van der Waals surface area contributed by atoms with Crippen molar-refractivity contribution in [3.05, 3.63) is 107 Å². The molecule has 4 aromatic rings. The standard InChI is InChI=1S/C25H21FN2OS2/c1-17(31-25-27-22(16-30-25)18-12-14-21(26)15-13-18)24(29)28-23(19-8-4-2-5-9-19)20-10-6-3-7-11-20/h2-17,23H,1H3,(H,28,29)/t17-/m0/s1. The van der Waals surface area contributed by atoms with Crippen LogP contribution in [0.5, 0.6) is 0 Å². The number of halogens is 1. The second-order valence-electron chi connectivity index (χ2n) is 7.03. The van der Waals surface area contributed by atoms with E-state index in [2.05, 4.69) is 10.3 Å². The molecular formula is C25H21FN2OS2. The van der Waals surface area contributed by atoms with E-state index in [1.54, 1.807) is 12.1 Å². The van der Waals surface area contributed by atoms with Crippen LogP contribution < -0.4 is 5.32 Å². The van der Waals surface area contributed by atoms with Gasteiger partial charge in [0, 0.05) is 10.9 Å². The van der Waals surface area contributed by atoms with Crippen molar-refractivity contribution < 1.29 is 9.18 Å². The van der Waals surface area contributed by atoms with Gasteiger partial charge in [-0.2, -0.15) is 0 Å². The Balaban J connectivity index is 1.46. The molecule has 1 amide bonds. The number of rotatable bonds is 7. The van der Waals surface area contributed by atoms with Crippen molar-refractivity contribution >= 4 is 29.0 Å². The largest absolute Gasteiger partial charge is 0.344 e. The van der Waals surface area contributed by atoms with Crippen LogP contribution in [-0.4, -0.2) is 16.1 Å². The molecule has 1 heterocycles. The third-order valence-corrected chi connectivity index (χ3v) is 6.89. The van der Waals surface area contributed by atoms with Gasteiger partial charge >= 0.3 is 0 Å². The number of nitrogens with zero attached hydrogens (tertiary/aromatic N) is 1. The van der Waals surface area contributed by atoms with Gasteiger partial charge in [-0.15, -0.1) is 11.3 Å². The number of carbonyl (C=O) groups is 1. The summed E-state index contributed by atoms with van der Waals surface area (Å²) < 4.78 is 14.0. The van der Waals surface area contributed by atoms with Crippen LogP contribution in [0.25, 0.3) is 11.3 Å². The fourth-order valence-electron chi connectivity index (χ4n) is 3.18. The lowest BCUT2D eigenvalue weighted by molar-refractivity contribution is -0.120. The lowest BCUT2D eigenvalue weighted by atomic mass is 9.98. The smallest absolute Gasteiger partial charge is 0.234 e. The molecule has 0 radical (unpaired) electrons. The normalized spacial score (nSPS) is 12.0. The molecule has 3 aromatic carbocycles. The van der Waals surface area contributed by atoms with E-state index in [1.807, 2.05) is 73.0 Å². The van der Waals surface area contributed by atoms with Crippen LogP contribution in [0.4, 0.5) is 4.39 Å². The van der Waals surface area contributed by atoms with Gasteiger partial charge in [-0.25, -0.2) is 9.37 Å². The Labute approximate surface area is 189 Å². The van der Waals surface area contributed by atoms with Crippen LogP contribution in [0.2, 0.25) is 0 Å². The van der Waals surface area contributed by atoms with Crippen LogP contribution in [0.15, 0.2) is 94.6 Å². The van der Waals surface area contributed by atoms with Crippen molar-refractivity contribution in [1.29, 1.82) is 0 Å². The third kappa shape index (κ3) is 5.40. The van der Waals surface area contributed by atoms with E-state index in [9.17, 15) is 9.18 Å². The lowest BCUT2D eigenvalue weighted by Gasteiger charge is -2.21. The first kappa shape index (κ1) is 21.3. The lowest BCUT2D eigenvalue weighted by Crippen LogP contribution is -2.34. The zero-order valence-electron chi connectivity index (χ0n) is 16.9. The molecule has 1 aromatic heterocycles. The van der Waals surface area contributed by atoms with E-state index in [0.29, 0.717) is 0 Å². The molecule has 0 saturated carbocycles. The molecular weight excluding hydrogens is 427 g/mol. The fraction of sp³-hybridized carbons (Fsp3) is 0.120. The van der Waals surface area contributed by atoms with Gasteiger partial charge in [0.15, 0.2) is 4.34 Å². The summed E-state index contributed by atoms with van der Waals surface area (Å²) in [4.78, 5) is 17.6. The molecule has 0 saturated heterocycles. The van der Waals surface area contributed by atoms with E-state index in [0.717, 1.165) is 26.7 Å². The Morgan fingerprint density at radius 1 is 0.935 bits per heavy atom. The Kier molecular flexibility index (Phi) is 6.79. The molecule has 0 fully saturated rings. The Hall–Kier alpha value is -2.96. The number of benzene rings is 3. The zero-order valence-corrected chi connectivity index (χ0v) is 18.5. The molecule has 0 aliphatic heterocycles. The summed E-state index contributed by atoms with van der Waals surface area (Å²) in [5.41, 5.74) is 3.71.